The highest BCUT2D eigenvalue weighted by Gasteiger charge is 2.16. The van der Waals surface area contributed by atoms with Crippen LogP contribution in [0.2, 0.25) is 0 Å². The molecule has 8 heteroatoms. The fourth-order valence-corrected chi connectivity index (χ4v) is 3.21. The van der Waals surface area contributed by atoms with E-state index < -0.39 is 0 Å². The molecule has 0 unspecified atom stereocenters. The van der Waals surface area contributed by atoms with Gasteiger partial charge in [0.1, 0.15) is 11.6 Å². The van der Waals surface area contributed by atoms with Gasteiger partial charge in [-0.15, -0.1) is 0 Å². The van der Waals surface area contributed by atoms with Crippen LogP contribution < -0.4 is 15.8 Å². The number of aromatic amines is 1. The summed E-state index contributed by atoms with van der Waals surface area (Å²) in [4.78, 5) is 28.3. The van der Waals surface area contributed by atoms with Crippen LogP contribution in [0.3, 0.4) is 0 Å². The van der Waals surface area contributed by atoms with E-state index in [0.717, 1.165) is 21.5 Å². The number of nitrogens with one attached hydrogen (secondary N) is 4. The normalized spacial score (nSPS) is 11.1. The van der Waals surface area contributed by atoms with Gasteiger partial charge in [-0.25, -0.2) is 8.78 Å². The molecule has 3 rings (SSSR count). The first-order chi connectivity index (χ1) is 14.3. The average molecular weight is 415 g/mol. The predicted octanol–water partition coefficient (Wildman–Crippen LogP) is 1.73. The molecule has 0 saturated carbocycles. The second-order valence-electron chi connectivity index (χ2n) is 7.48. The number of quaternary nitrogens is 1. The third kappa shape index (κ3) is 5.42. The molecular weight excluding hydrogens is 390 g/mol. The van der Waals surface area contributed by atoms with Gasteiger partial charge >= 0.3 is 0 Å². The molecule has 2 aromatic carbocycles. The molecule has 0 aliphatic carbocycles. The second-order valence-corrected chi connectivity index (χ2v) is 7.48. The highest BCUT2D eigenvalue weighted by Crippen LogP contribution is 2.32. The number of hydrogen-bond donors (Lipinski definition) is 4. The number of H-pyrrole nitrogens is 1. The van der Waals surface area contributed by atoms with Gasteiger partial charge in [0.05, 0.1) is 27.1 Å². The summed E-state index contributed by atoms with van der Waals surface area (Å²) in [6, 6.07) is 10.4. The van der Waals surface area contributed by atoms with E-state index in [9.17, 15) is 18.4 Å². The summed E-state index contributed by atoms with van der Waals surface area (Å²) in [6.45, 7) is 0.656. The maximum absolute atomic E-state index is 13.8. The number of carbonyl (C=O) groups is 2. The van der Waals surface area contributed by atoms with Gasteiger partial charge in [-0.05, 0) is 60.0 Å². The Balaban J connectivity index is 1.73. The molecule has 30 heavy (non-hydrogen) atoms. The van der Waals surface area contributed by atoms with Crippen LogP contribution in [0.25, 0.3) is 22.2 Å². The van der Waals surface area contributed by atoms with E-state index in [1.807, 2.05) is 14.1 Å². The minimum Gasteiger partial charge on any atom is -0.354 e. The molecule has 0 saturated heterocycles. The van der Waals surface area contributed by atoms with Gasteiger partial charge in [-0.1, -0.05) is 0 Å². The summed E-state index contributed by atoms with van der Waals surface area (Å²) in [6.07, 6.45) is 0.718. The quantitative estimate of drug-likeness (QED) is 0.444. The van der Waals surface area contributed by atoms with Crippen LogP contribution in [0.1, 0.15) is 18.4 Å². The van der Waals surface area contributed by atoms with Crippen molar-refractivity contribution in [3.8, 4) is 11.3 Å². The van der Waals surface area contributed by atoms with Gasteiger partial charge in [-0.2, -0.15) is 0 Å². The Bertz CT molecular complexity index is 1050. The van der Waals surface area contributed by atoms with E-state index in [0.29, 0.717) is 30.5 Å². The van der Waals surface area contributed by atoms with Gasteiger partial charge < -0.3 is 9.88 Å². The van der Waals surface area contributed by atoms with Crippen molar-refractivity contribution in [1.82, 2.24) is 15.8 Å². The molecule has 6 nitrogen and oxygen atoms in total. The van der Waals surface area contributed by atoms with Gasteiger partial charge in [0, 0.05) is 23.0 Å². The van der Waals surface area contributed by atoms with Crippen LogP contribution in [0, 0.1) is 11.6 Å². The maximum Gasteiger partial charge on any atom is 0.244 e. The van der Waals surface area contributed by atoms with Crippen molar-refractivity contribution in [3.63, 3.8) is 0 Å². The fourth-order valence-electron chi connectivity index (χ4n) is 3.21. The molecular formula is C22H25F2N4O2+. The van der Waals surface area contributed by atoms with E-state index in [1.165, 1.54) is 24.3 Å². The van der Waals surface area contributed by atoms with Crippen molar-refractivity contribution in [2.24, 2.45) is 0 Å². The second kappa shape index (κ2) is 9.49. The molecule has 0 spiro atoms. The number of benzene rings is 2. The third-order valence-corrected chi connectivity index (χ3v) is 4.80. The molecule has 1 heterocycles. The van der Waals surface area contributed by atoms with Crippen LogP contribution in [0.4, 0.5) is 8.78 Å². The predicted molar refractivity (Wildman–Crippen MR) is 111 cm³/mol. The van der Waals surface area contributed by atoms with E-state index >= 15 is 0 Å². The van der Waals surface area contributed by atoms with Gasteiger partial charge in [0.15, 0.2) is 0 Å². The maximum atomic E-state index is 13.8. The minimum atomic E-state index is -0.381. The lowest BCUT2D eigenvalue weighted by Gasteiger charge is -2.10. The number of aromatic nitrogens is 1. The molecule has 0 radical (unpaired) electrons. The van der Waals surface area contributed by atoms with Crippen molar-refractivity contribution in [2.45, 2.75) is 19.3 Å². The third-order valence-electron chi connectivity index (χ3n) is 4.80. The molecule has 2 amide bonds. The van der Waals surface area contributed by atoms with Gasteiger partial charge in [0.2, 0.25) is 11.8 Å². The Labute approximate surface area is 173 Å². The van der Waals surface area contributed by atoms with Crippen LogP contribution in [0.15, 0.2) is 42.5 Å². The lowest BCUT2D eigenvalue weighted by atomic mass is 10.0. The lowest BCUT2D eigenvalue weighted by molar-refractivity contribution is -0.857. The van der Waals surface area contributed by atoms with E-state index in [4.69, 9.17) is 0 Å². The standard InChI is InChI=1S/C22H24F2N4O2/c1-28(2)12-11-21(30)27-26-20(29)10-8-17-18-13-16(24)7-9-19(18)25-22(17)14-3-5-15(23)6-4-14/h3-7,9,13,25H,8,10-12H2,1-2H3,(H,26,29)(H,27,30)/p+1. The van der Waals surface area contributed by atoms with Crippen molar-refractivity contribution in [3.05, 3.63) is 59.7 Å². The lowest BCUT2D eigenvalue weighted by Crippen LogP contribution is -3.05. The fraction of sp³-hybridized carbons (Fsp3) is 0.273. The highest BCUT2D eigenvalue weighted by molar-refractivity contribution is 5.91. The van der Waals surface area contributed by atoms with E-state index in [1.54, 1.807) is 18.2 Å². The average Bonchev–Trinajstić information content (AvgIpc) is 3.07. The van der Waals surface area contributed by atoms with Crippen molar-refractivity contribution >= 4 is 22.7 Å². The molecule has 0 bridgehead atoms. The van der Waals surface area contributed by atoms with E-state index in [2.05, 4.69) is 15.8 Å². The first-order valence-corrected chi connectivity index (χ1v) is 9.76. The number of hydrogen-bond acceptors (Lipinski definition) is 2. The molecule has 0 atom stereocenters. The molecule has 3 aromatic rings. The number of hydrazine groups is 1. The SMILES string of the molecule is C[NH+](C)CCC(=O)NNC(=O)CCc1c(-c2ccc(F)cc2)[nH]c2ccc(F)cc12. The van der Waals surface area contributed by atoms with Crippen molar-refractivity contribution in [2.75, 3.05) is 20.6 Å². The largest absolute Gasteiger partial charge is 0.354 e. The van der Waals surface area contributed by atoms with Crippen LogP contribution in [0.5, 0.6) is 0 Å². The molecule has 4 N–H and O–H groups in total. The Morgan fingerprint density at radius 3 is 2.23 bits per heavy atom. The van der Waals surface area contributed by atoms with Gasteiger partial charge in [-0.3, -0.25) is 20.4 Å². The van der Waals surface area contributed by atoms with Gasteiger partial charge in [0.25, 0.3) is 0 Å². The van der Waals surface area contributed by atoms with Crippen molar-refractivity contribution in [1.29, 1.82) is 0 Å². The zero-order valence-corrected chi connectivity index (χ0v) is 16.9. The Morgan fingerprint density at radius 1 is 0.933 bits per heavy atom. The highest BCUT2D eigenvalue weighted by atomic mass is 19.1. The summed E-state index contributed by atoms with van der Waals surface area (Å²) < 4.78 is 27.1. The molecule has 0 aliphatic rings. The monoisotopic (exact) mass is 415 g/mol. The van der Waals surface area contributed by atoms with Crippen LogP contribution in [-0.4, -0.2) is 37.4 Å². The molecule has 1 aromatic heterocycles. The molecule has 158 valence electrons. The number of fused-ring (bicyclic) bond motifs is 1. The van der Waals surface area contributed by atoms with Crippen LogP contribution in [-0.2, 0) is 16.0 Å². The Hall–Kier alpha value is -3.26. The first kappa shape index (κ1) is 21.4. The summed E-state index contributed by atoms with van der Waals surface area (Å²) in [5.74, 6) is -1.34. The summed E-state index contributed by atoms with van der Waals surface area (Å²) in [5, 5.41) is 0.667. The van der Waals surface area contributed by atoms with Crippen molar-refractivity contribution < 1.29 is 23.3 Å². The minimum absolute atomic E-state index is 0.0941. The number of carbonyl (C=O) groups excluding carboxylic acids is 2. The zero-order valence-electron chi connectivity index (χ0n) is 16.9. The summed E-state index contributed by atoms with van der Waals surface area (Å²) in [7, 11) is 3.88. The number of amides is 2. The van der Waals surface area contributed by atoms with Crippen LogP contribution >= 0.6 is 0 Å². The Kier molecular flexibility index (Phi) is 6.79. The number of halogens is 2. The summed E-state index contributed by atoms with van der Waals surface area (Å²) >= 11 is 0. The smallest absolute Gasteiger partial charge is 0.244 e. The van der Waals surface area contributed by atoms with E-state index in [-0.39, 0.29) is 29.9 Å². The number of rotatable bonds is 7. The Morgan fingerprint density at radius 2 is 1.57 bits per heavy atom. The molecule has 0 aliphatic heterocycles. The number of aryl methyl sites for hydroxylation is 1. The molecule has 0 fully saturated rings. The zero-order chi connectivity index (χ0) is 21.7. The first-order valence-electron chi connectivity index (χ1n) is 9.76. The summed E-state index contributed by atoms with van der Waals surface area (Å²) in [5.41, 5.74) is 7.75. The topological polar surface area (TPSA) is 78.4 Å².